The molecule has 2 rings (SSSR count). The van der Waals surface area contributed by atoms with Gasteiger partial charge in [0.1, 0.15) is 0 Å². The van der Waals surface area contributed by atoms with E-state index in [9.17, 15) is 0 Å². The summed E-state index contributed by atoms with van der Waals surface area (Å²) >= 11 is 8.65. The Morgan fingerprint density at radius 1 is 1.47 bits per heavy atom. The van der Waals surface area contributed by atoms with Gasteiger partial charge in [-0.1, -0.05) is 11.6 Å². The van der Waals surface area contributed by atoms with Gasteiger partial charge in [-0.05, 0) is 6.92 Å². The molecule has 0 aliphatic rings. The summed E-state index contributed by atoms with van der Waals surface area (Å²) in [4.78, 5) is 6.32. The first-order valence-corrected chi connectivity index (χ1v) is 6.26. The normalized spacial score (nSPS) is 10.6. The highest BCUT2D eigenvalue weighted by Gasteiger charge is 2.11. The molecule has 0 aromatic carbocycles. The van der Waals surface area contributed by atoms with E-state index in [2.05, 4.69) is 13.7 Å². The quantitative estimate of drug-likeness (QED) is 0.851. The average Bonchev–Trinajstić information content (AvgIpc) is 2.75. The van der Waals surface area contributed by atoms with Crippen molar-refractivity contribution in [3.63, 3.8) is 0 Å². The highest BCUT2D eigenvalue weighted by atomic mass is 35.5. The second-order valence-electron chi connectivity index (χ2n) is 3.09. The smallest absolute Gasteiger partial charge is 0.187 e. The molecule has 80 valence electrons. The first kappa shape index (κ1) is 10.8. The van der Waals surface area contributed by atoms with E-state index in [4.69, 9.17) is 11.6 Å². The van der Waals surface area contributed by atoms with Gasteiger partial charge in [0.2, 0.25) is 0 Å². The van der Waals surface area contributed by atoms with Crippen LogP contribution in [0.2, 0.25) is 5.15 Å². The largest absolute Gasteiger partial charge is 0.350 e. The number of aryl methyl sites for hydroxylation is 1. The number of hydrogen-bond acceptors (Lipinski definition) is 6. The topological polar surface area (TPSA) is 41.9 Å². The van der Waals surface area contributed by atoms with E-state index in [1.807, 2.05) is 24.3 Å². The fraction of sp³-hybridized carbons (Fsp3) is 0.375. The Kier molecular flexibility index (Phi) is 3.18. The van der Waals surface area contributed by atoms with Crippen molar-refractivity contribution in [1.82, 2.24) is 13.7 Å². The van der Waals surface area contributed by atoms with Crippen LogP contribution in [-0.4, -0.2) is 20.8 Å². The number of anilines is 1. The molecule has 0 aliphatic heterocycles. The van der Waals surface area contributed by atoms with Gasteiger partial charge in [-0.15, -0.1) is 11.3 Å². The maximum atomic E-state index is 5.88. The fourth-order valence-corrected chi connectivity index (χ4v) is 2.63. The van der Waals surface area contributed by atoms with Gasteiger partial charge in [0.25, 0.3) is 0 Å². The molecule has 0 saturated heterocycles. The van der Waals surface area contributed by atoms with E-state index < -0.39 is 0 Å². The zero-order chi connectivity index (χ0) is 10.8. The Balaban J connectivity index is 2.10. The van der Waals surface area contributed by atoms with Gasteiger partial charge in [-0.3, -0.25) is 0 Å². The standard InChI is InChI=1S/C8H9ClN4S2/c1-5-10-6(4-14-5)3-13(2)8-7(9)11-15-12-8/h4H,3H2,1-2H3. The van der Waals surface area contributed by atoms with E-state index >= 15 is 0 Å². The molecule has 4 nitrogen and oxygen atoms in total. The molecule has 0 N–H and O–H groups in total. The summed E-state index contributed by atoms with van der Waals surface area (Å²) in [5.74, 6) is 0.715. The second-order valence-corrected chi connectivity index (χ2v) is 5.04. The van der Waals surface area contributed by atoms with Crippen LogP contribution in [0.4, 0.5) is 5.82 Å². The van der Waals surface area contributed by atoms with Crippen molar-refractivity contribution in [3.8, 4) is 0 Å². The molecular weight excluding hydrogens is 252 g/mol. The molecule has 0 aliphatic carbocycles. The van der Waals surface area contributed by atoms with Crippen LogP contribution >= 0.6 is 34.7 Å². The minimum absolute atomic E-state index is 0.453. The molecule has 2 heterocycles. The van der Waals surface area contributed by atoms with Crippen LogP contribution in [0, 0.1) is 6.92 Å². The molecule has 2 aromatic heterocycles. The number of rotatable bonds is 3. The lowest BCUT2D eigenvalue weighted by molar-refractivity contribution is 0.878. The van der Waals surface area contributed by atoms with Crippen LogP contribution in [0.3, 0.4) is 0 Å². The van der Waals surface area contributed by atoms with E-state index in [1.165, 1.54) is 0 Å². The first-order valence-electron chi connectivity index (χ1n) is 4.27. The van der Waals surface area contributed by atoms with Gasteiger partial charge in [-0.2, -0.15) is 8.75 Å². The third kappa shape index (κ3) is 2.45. The van der Waals surface area contributed by atoms with Gasteiger partial charge in [0, 0.05) is 12.4 Å². The zero-order valence-corrected chi connectivity index (χ0v) is 10.7. The van der Waals surface area contributed by atoms with Crippen LogP contribution < -0.4 is 4.90 Å². The summed E-state index contributed by atoms with van der Waals surface area (Å²) in [5.41, 5.74) is 1.03. The highest BCUT2D eigenvalue weighted by Crippen LogP contribution is 2.23. The molecule has 0 amide bonds. The number of aromatic nitrogens is 3. The number of thiazole rings is 1. The van der Waals surface area contributed by atoms with E-state index in [1.54, 1.807) is 11.3 Å². The molecule has 2 aromatic rings. The molecular formula is C8H9ClN4S2. The van der Waals surface area contributed by atoms with Crippen LogP contribution in [0.5, 0.6) is 0 Å². The predicted octanol–water partition coefficient (Wildman–Crippen LogP) is 2.59. The van der Waals surface area contributed by atoms with Crippen molar-refractivity contribution in [2.45, 2.75) is 13.5 Å². The van der Waals surface area contributed by atoms with Gasteiger partial charge >= 0.3 is 0 Å². The number of nitrogens with zero attached hydrogens (tertiary/aromatic N) is 4. The molecule has 7 heteroatoms. The van der Waals surface area contributed by atoms with Crippen molar-refractivity contribution >= 4 is 40.5 Å². The molecule has 0 saturated carbocycles. The Morgan fingerprint density at radius 2 is 2.27 bits per heavy atom. The monoisotopic (exact) mass is 260 g/mol. The van der Waals surface area contributed by atoms with Gasteiger partial charge < -0.3 is 4.90 Å². The Labute approximate surface area is 101 Å². The molecule has 15 heavy (non-hydrogen) atoms. The minimum Gasteiger partial charge on any atom is -0.350 e. The second kappa shape index (κ2) is 4.42. The molecule has 0 fully saturated rings. The van der Waals surface area contributed by atoms with Gasteiger partial charge in [0.05, 0.1) is 29.0 Å². The van der Waals surface area contributed by atoms with Crippen LogP contribution in [0.1, 0.15) is 10.7 Å². The van der Waals surface area contributed by atoms with E-state index in [0.29, 0.717) is 17.5 Å². The van der Waals surface area contributed by atoms with Gasteiger partial charge in [0.15, 0.2) is 11.0 Å². The summed E-state index contributed by atoms with van der Waals surface area (Å²) in [5, 5.41) is 3.56. The first-order chi connectivity index (χ1) is 7.16. The molecule has 0 bridgehead atoms. The lowest BCUT2D eigenvalue weighted by atomic mass is 10.4. The summed E-state index contributed by atoms with van der Waals surface area (Å²) in [6.07, 6.45) is 0. The van der Waals surface area contributed by atoms with E-state index in [0.717, 1.165) is 22.4 Å². The SMILES string of the molecule is Cc1nc(CN(C)c2nsnc2Cl)cs1. The third-order valence-electron chi connectivity index (χ3n) is 1.86. The molecule has 0 radical (unpaired) electrons. The Bertz CT molecular complexity index is 453. The minimum atomic E-state index is 0.453. The molecule has 0 atom stereocenters. The molecule has 0 unspecified atom stereocenters. The average molecular weight is 261 g/mol. The van der Waals surface area contributed by atoms with Crippen LogP contribution in [0.25, 0.3) is 0 Å². The van der Waals surface area contributed by atoms with Gasteiger partial charge in [-0.25, -0.2) is 4.98 Å². The van der Waals surface area contributed by atoms with Crippen molar-refractivity contribution in [2.24, 2.45) is 0 Å². The third-order valence-corrected chi connectivity index (χ3v) is 3.55. The van der Waals surface area contributed by atoms with Crippen LogP contribution in [0.15, 0.2) is 5.38 Å². The van der Waals surface area contributed by atoms with Crippen molar-refractivity contribution in [1.29, 1.82) is 0 Å². The fourth-order valence-electron chi connectivity index (χ4n) is 1.20. The maximum Gasteiger partial charge on any atom is 0.187 e. The van der Waals surface area contributed by atoms with E-state index in [-0.39, 0.29) is 0 Å². The van der Waals surface area contributed by atoms with Crippen molar-refractivity contribution < 1.29 is 0 Å². The Morgan fingerprint density at radius 3 is 2.80 bits per heavy atom. The van der Waals surface area contributed by atoms with Crippen molar-refractivity contribution in [2.75, 3.05) is 11.9 Å². The lowest BCUT2D eigenvalue weighted by Gasteiger charge is -2.14. The zero-order valence-electron chi connectivity index (χ0n) is 8.27. The maximum absolute atomic E-state index is 5.88. The lowest BCUT2D eigenvalue weighted by Crippen LogP contribution is -2.17. The summed E-state index contributed by atoms with van der Waals surface area (Å²) < 4.78 is 8.04. The van der Waals surface area contributed by atoms with Crippen molar-refractivity contribution in [3.05, 3.63) is 21.2 Å². The number of halogens is 1. The van der Waals surface area contributed by atoms with Crippen LogP contribution in [-0.2, 0) is 6.54 Å². The molecule has 0 spiro atoms. The highest BCUT2D eigenvalue weighted by molar-refractivity contribution is 7.09. The summed E-state index contributed by atoms with van der Waals surface area (Å²) in [6, 6.07) is 0. The predicted molar refractivity (Wildman–Crippen MR) is 63.9 cm³/mol. The Hall–Kier alpha value is -0.720. The number of hydrogen-bond donors (Lipinski definition) is 0. The summed E-state index contributed by atoms with van der Waals surface area (Å²) in [7, 11) is 1.93. The summed E-state index contributed by atoms with van der Waals surface area (Å²) in [6.45, 7) is 2.70.